The zero-order chi connectivity index (χ0) is 21.8. The van der Waals surface area contributed by atoms with Crippen molar-refractivity contribution in [3.63, 3.8) is 0 Å². The number of halogens is 1. The molecule has 3 aromatic heterocycles. The smallest absolute Gasteiger partial charge is 0.276 e. The lowest BCUT2D eigenvalue weighted by Gasteiger charge is -2.28. The van der Waals surface area contributed by atoms with Crippen LogP contribution in [0.5, 0.6) is 0 Å². The SMILES string of the molecule is C[C@@H](Cn1ccc(-c2ccc(C#N)c(Cl)c2)n1)N(C(=O)c1cnc[nH]1)c1cccnc1. The molecule has 1 amide bonds. The van der Waals surface area contributed by atoms with Gasteiger partial charge in [-0.1, -0.05) is 17.7 Å². The van der Waals surface area contributed by atoms with Gasteiger partial charge in [0.25, 0.3) is 5.91 Å². The van der Waals surface area contributed by atoms with Crippen molar-refractivity contribution in [3.05, 3.63) is 83.8 Å². The lowest BCUT2D eigenvalue weighted by molar-refractivity contribution is 0.0971. The lowest BCUT2D eigenvalue weighted by Crippen LogP contribution is -2.41. The number of nitriles is 1. The molecule has 1 N–H and O–H groups in total. The van der Waals surface area contributed by atoms with Crippen LogP contribution in [0.4, 0.5) is 5.69 Å². The van der Waals surface area contributed by atoms with Crippen molar-refractivity contribution in [2.75, 3.05) is 4.90 Å². The topological polar surface area (TPSA) is 103 Å². The summed E-state index contributed by atoms with van der Waals surface area (Å²) in [4.78, 5) is 25.8. The minimum absolute atomic E-state index is 0.204. The Kier molecular flexibility index (Phi) is 5.78. The molecular formula is C22H18ClN7O. The molecule has 0 fully saturated rings. The first kappa shape index (κ1) is 20.3. The van der Waals surface area contributed by atoms with Crippen LogP contribution in [0, 0.1) is 11.3 Å². The van der Waals surface area contributed by atoms with Crippen LogP contribution < -0.4 is 4.90 Å². The molecule has 8 nitrogen and oxygen atoms in total. The number of pyridine rings is 1. The maximum absolute atomic E-state index is 13.1. The van der Waals surface area contributed by atoms with Gasteiger partial charge in [-0.2, -0.15) is 10.4 Å². The van der Waals surface area contributed by atoms with Crippen molar-refractivity contribution in [1.82, 2.24) is 24.7 Å². The second-order valence-corrected chi connectivity index (χ2v) is 7.34. The summed E-state index contributed by atoms with van der Waals surface area (Å²) in [6.07, 6.45) is 8.13. The Morgan fingerprint density at radius 1 is 1.29 bits per heavy atom. The van der Waals surface area contributed by atoms with Crippen LogP contribution in [0.1, 0.15) is 23.0 Å². The van der Waals surface area contributed by atoms with Crippen LogP contribution in [0.15, 0.2) is 67.5 Å². The number of H-pyrrole nitrogens is 1. The van der Waals surface area contributed by atoms with Crippen molar-refractivity contribution >= 4 is 23.2 Å². The standard InChI is InChI=1S/C22H18ClN7O/c1-15(30(18-3-2-7-25-11-18)22(31)21-12-26-14-27-21)13-29-8-6-20(28-29)16-4-5-17(10-24)19(23)9-16/h2-9,11-12,14-15H,13H2,1H3,(H,26,27)/t15-/m0/s1. The van der Waals surface area contributed by atoms with E-state index >= 15 is 0 Å². The molecule has 0 saturated carbocycles. The number of anilines is 1. The van der Waals surface area contributed by atoms with Crippen molar-refractivity contribution in [2.24, 2.45) is 0 Å². The van der Waals surface area contributed by atoms with Crippen LogP contribution in [0.3, 0.4) is 0 Å². The van der Waals surface area contributed by atoms with E-state index in [-0.39, 0.29) is 11.9 Å². The third-order valence-electron chi connectivity index (χ3n) is 4.79. The Hall–Kier alpha value is -3.96. The maximum Gasteiger partial charge on any atom is 0.276 e. The van der Waals surface area contributed by atoms with Gasteiger partial charge < -0.3 is 9.88 Å². The van der Waals surface area contributed by atoms with Gasteiger partial charge in [0.1, 0.15) is 11.8 Å². The Morgan fingerprint density at radius 3 is 2.84 bits per heavy atom. The quantitative estimate of drug-likeness (QED) is 0.498. The predicted octanol–water partition coefficient (Wildman–Crippen LogP) is 3.93. The van der Waals surface area contributed by atoms with Gasteiger partial charge in [-0.05, 0) is 37.3 Å². The number of aromatic amines is 1. The number of nitrogens with zero attached hydrogens (tertiary/aromatic N) is 6. The molecule has 0 unspecified atom stereocenters. The second-order valence-electron chi connectivity index (χ2n) is 6.93. The Balaban J connectivity index is 1.58. The first-order valence-corrected chi connectivity index (χ1v) is 9.90. The second kappa shape index (κ2) is 8.81. The zero-order valence-corrected chi connectivity index (χ0v) is 17.4. The van der Waals surface area contributed by atoms with Gasteiger partial charge in [-0.15, -0.1) is 0 Å². The van der Waals surface area contributed by atoms with Crippen LogP contribution in [0.2, 0.25) is 5.02 Å². The van der Waals surface area contributed by atoms with Gasteiger partial charge in [0.2, 0.25) is 0 Å². The van der Waals surface area contributed by atoms with E-state index in [1.807, 2.05) is 37.4 Å². The summed E-state index contributed by atoms with van der Waals surface area (Å²) in [5.74, 6) is -0.204. The Morgan fingerprint density at radius 2 is 2.16 bits per heavy atom. The van der Waals surface area contributed by atoms with Crippen molar-refractivity contribution < 1.29 is 4.79 Å². The molecule has 4 aromatic rings. The number of benzene rings is 1. The minimum atomic E-state index is -0.225. The molecule has 0 aliphatic heterocycles. The highest BCUT2D eigenvalue weighted by molar-refractivity contribution is 6.32. The third kappa shape index (κ3) is 4.32. The molecule has 1 aromatic carbocycles. The van der Waals surface area contributed by atoms with Crippen molar-refractivity contribution in [2.45, 2.75) is 19.5 Å². The van der Waals surface area contributed by atoms with Gasteiger partial charge in [-0.3, -0.25) is 14.5 Å². The lowest BCUT2D eigenvalue weighted by atomic mass is 10.1. The summed E-state index contributed by atoms with van der Waals surface area (Å²) in [7, 11) is 0. The van der Waals surface area contributed by atoms with Crippen molar-refractivity contribution in [1.29, 1.82) is 5.26 Å². The molecule has 0 aliphatic rings. The molecule has 0 aliphatic carbocycles. The molecule has 3 heterocycles. The molecule has 154 valence electrons. The summed E-state index contributed by atoms with van der Waals surface area (Å²) < 4.78 is 1.77. The number of carbonyl (C=O) groups is 1. The van der Waals surface area contributed by atoms with Gasteiger partial charge in [0.05, 0.1) is 53.3 Å². The molecule has 0 radical (unpaired) electrons. The molecule has 0 bridgehead atoms. The normalized spacial score (nSPS) is 11.6. The summed E-state index contributed by atoms with van der Waals surface area (Å²) in [6.45, 7) is 2.40. The molecule has 4 rings (SSSR count). The monoisotopic (exact) mass is 431 g/mol. The number of hydrogen-bond donors (Lipinski definition) is 1. The van der Waals surface area contributed by atoms with E-state index in [1.165, 1.54) is 12.5 Å². The molecule has 0 saturated heterocycles. The van der Waals surface area contributed by atoms with E-state index in [0.717, 1.165) is 11.3 Å². The van der Waals surface area contributed by atoms with Crippen molar-refractivity contribution in [3.8, 4) is 17.3 Å². The van der Waals surface area contributed by atoms with Crippen LogP contribution in [0.25, 0.3) is 11.3 Å². The molecule has 0 spiro atoms. The highest BCUT2D eigenvalue weighted by atomic mass is 35.5. The molecule has 1 atom stereocenters. The highest BCUT2D eigenvalue weighted by Gasteiger charge is 2.25. The fourth-order valence-corrected chi connectivity index (χ4v) is 3.53. The summed E-state index contributed by atoms with van der Waals surface area (Å²) >= 11 is 6.15. The first-order valence-electron chi connectivity index (χ1n) is 9.52. The van der Waals surface area contributed by atoms with E-state index in [1.54, 1.807) is 40.2 Å². The van der Waals surface area contributed by atoms with E-state index < -0.39 is 0 Å². The average Bonchev–Trinajstić information content (AvgIpc) is 3.47. The van der Waals surface area contributed by atoms with Gasteiger partial charge >= 0.3 is 0 Å². The molecular weight excluding hydrogens is 414 g/mol. The number of hydrogen-bond acceptors (Lipinski definition) is 5. The van der Waals surface area contributed by atoms with E-state index in [9.17, 15) is 4.79 Å². The molecule has 31 heavy (non-hydrogen) atoms. The molecule has 9 heteroatoms. The van der Waals surface area contributed by atoms with Gasteiger partial charge in [0, 0.05) is 18.0 Å². The van der Waals surface area contributed by atoms with Gasteiger partial charge in [-0.25, -0.2) is 4.98 Å². The average molecular weight is 432 g/mol. The van der Waals surface area contributed by atoms with E-state index in [4.69, 9.17) is 16.9 Å². The van der Waals surface area contributed by atoms with Crippen LogP contribution >= 0.6 is 11.6 Å². The fraction of sp³-hybridized carbons (Fsp3) is 0.136. The van der Waals surface area contributed by atoms with E-state index in [2.05, 4.69) is 20.1 Å². The largest absolute Gasteiger partial charge is 0.341 e. The zero-order valence-electron chi connectivity index (χ0n) is 16.6. The number of rotatable bonds is 6. The first-order chi connectivity index (χ1) is 15.1. The van der Waals surface area contributed by atoms with Crippen LogP contribution in [-0.2, 0) is 6.54 Å². The fourth-order valence-electron chi connectivity index (χ4n) is 3.31. The van der Waals surface area contributed by atoms with Gasteiger partial charge in [0.15, 0.2) is 0 Å². The number of amides is 1. The van der Waals surface area contributed by atoms with Crippen LogP contribution in [-0.4, -0.2) is 36.7 Å². The summed E-state index contributed by atoms with van der Waals surface area (Å²) in [5.41, 5.74) is 3.03. The van der Waals surface area contributed by atoms with E-state index in [0.29, 0.717) is 28.5 Å². The summed E-state index contributed by atoms with van der Waals surface area (Å²) in [5, 5.41) is 14.0. The predicted molar refractivity (Wildman–Crippen MR) is 116 cm³/mol. The maximum atomic E-state index is 13.1. The number of imidazole rings is 1. The highest BCUT2D eigenvalue weighted by Crippen LogP contribution is 2.25. The number of carbonyl (C=O) groups excluding carboxylic acids is 1. The number of aromatic nitrogens is 5. The third-order valence-corrected chi connectivity index (χ3v) is 5.10. The summed E-state index contributed by atoms with van der Waals surface area (Å²) in [6, 6.07) is 12.5. The minimum Gasteiger partial charge on any atom is -0.341 e. The Labute approximate surface area is 183 Å². The Bertz CT molecular complexity index is 1230. The number of nitrogens with one attached hydrogen (secondary N) is 1.